The maximum atomic E-state index is 13.4. The third-order valence-corrected chi connectivity index (χ3v) is 3.48. The second-order valence-electron chi connectivity index (χ2n) is 5.25. The number of Topliss-reactive ketones (excluding diaryl/α,β-unsaturated/α-hetero) is 1. The van der Waals surface area contributed by atoms with Crippen LogP contribution < -0.4 is 0 Å². The van der Waals surface area contributed by atoms with E-state index in [0.717, 1.165) is 5.56 Å². The molecule has 1 aliphatic rings. The van der Waals surface area contributed by atoms with Gasteiger partial charge in [-0.3, -0.25) is 9.69 Å². The summed E-state index contributed by atoms with van der Waals surface area (Å²) in [5.74, 6) is 0.143. The molecule has 98 valence electrons. The van der Waals surface area contributed by atoms with Crippen LogP contribution in [0.15, 0.2) is 30.3 Å². The van der Waals surface area contributed by atoms with Crippen LogP contribution in [0.25, 0.3) is 0 Å². The molecule has 0 amide bonds. The molecular formula is C15H20FNO. The summed E-state index contributed by atoms with van der Waals surface area (Å²) in [5, 5.41) is 0. The summed E-state index contributed by atoms with van der Waals surface area (Å²) in [5.41, 5.74) is 0.977. The molecule has 0 saturated carbocycles. The van der Waals surface area contributed by atoms with Crippen molar-refractivity contribution in [2.45, 2.75) is 32.5 Å². The van der Waals surface area contributed by atoms with Gasteiger partial charge in [-0.15, -0.1) is 0 Å². The molecule has 1 saturated heterocycles. The Morgan fingerprint density at radius 3 is 2.50 bits per heavy atom. The van der Waals surface area contributed by atoms with Gasteiger partial charge in [0, 0.05) is 19.0 Å². The number of ketones is 1. The molecular weight excluding hydrogens is 229 g/mol. The van der Waals surface area contributed by atoms with E-state index < -0.39 is 6.17 Å². The zero-order valence-corrected chi connectivity index (χ0v) is 11.0. The highest BCUT2D eigenvalue weighted by Crippen LogP contribution is 2.29. The average molecular weight is 249 g/mol. The molecule has 2 nitrogen and oxygen atoms in total. The van der Waals surface area contributed by atoms with Crippen molar-refractivity contribution in [1.82, 2.24) is 4.90 Å². The number of benzene rings is 1. The molecule has 0 aliphatic carbocycles. The van der Waals surface area contributed by atoms with E-state index in [2.05, 4.69) is 0 Å². The first-order chi connectivity index (χ1) is 8.59. The van der Waals surface area contributed by atoms with Gasteiger partial charge in [0.05, 0.1) is 6.04 Å². The average Bonchev–Trinajstić information content (AvgIpc) is 2.77. The Labute approximate surface area is 108 Å². The van der Waals surface area contributed by atoms with E-state index in [1.165, 1.54) is 0 Å². The number of alkyl halides is 1. The molecule has 0 bridgehead atoms. The van der Waals surface area contributed by atoms with Crippen LogP contribution in [0, 0.1) is 5.92 Å². The second kappa shape index (κ2) is 5.61. The van der Waals surface area contributed by atoms with E-state index in [1.54, 1.807) is 0 Å². The summed E-state index contributed by atoms with van der Waals surface area (Å²) in [4.78, 5) is 14.3. The maximum absolute atomic E-state index is 13.4. The topological polar surface area (TPSA) is 20.3 Å². The molecule has 1 heterocycles. The first-order valence-corrected chi connectivity index (χ1v) is 6.56. The Hall–Kier alpha value is -1.22. The van der Waals surface area contributed by atoms with Gasteiger partial charge < -0.3 is 0 Å². The van der Waals surface area contributed by atoms with Gasteiger partial charge in [0.2, 0.25) is 0 Å². The van der Waals surface area contributed by atoms with Gasteiger partial charge in [0.15, 0.2) is 5.78 Å². The lowest BCUT2D eigenvalue weighted by molar-refractivity contribution is -0.127. The van der Waals surface area contributed by atoms with Crippen molar-refractivity contribution in [3.8, 4) is 0 Å². The summed E-state index contributed by atoms with van der Waals surface area (Å²) in [6.45, 7) is 4.85. The standard InChI is InChI=1S/C15H20FNO/c1-11(2)15(18)14(12-6-4-3-5-7-12)17-9-8-13(16)10-17/h3-7,11,13-14H,8-10H2,1-2H3. The van der Waals surface area contributed by atoms with E-state index in [9.17, 15) is 9.18 Å². The highest BCUT2D eigenvalue weighted by Gasteiger charge is 2.34. The molecule has 0 radical (unpaired) electrons. The molecule has 0 spiro atoms. The SMILES string of the molecule is CC(C)C(=O)C(c1ccccc1)N1CCC(F)C1. The van der Waals surface area contributed by atoms with Crippen molar-refractivity contribution in [1.29, 1.82) is 0 Å². The predicted octanol–water partition coefficient (Wildman–Crippen LogP) is 3.00. The van der Waals surface area contributed by atoms with Crippen LogP contribution in [0.3, 0.4) is 0 Å². The summed E-state index contributed by atoms with van der Waals surface area (Å²) >= 11 is 0. The Bertz CT molecular complexity index is 404. The van der Waals surface area contributed by atoms with Crippen molar-refractivity contribution >= 4 is 5.78 Å². The summed E-state index contributed by atoms with van der Waals surface area (Å²) in [7, 11) is 0. The summed E-state index contributed by atoms with van der Waals surface area (Å²) in [6.07, 6.45) is -0.259. The fraction of sp³-hybridized carbons (Fsp3) is 0.533. The van der Waals surface area contributed by atoms with Crippen molar-refractivity contribution < 1.29 is 9.18 Å². The summed E-state index contributed by atoms with van der Waals surface area (Å²) in [6, 6.07) is 9.42. The highest BCUT2D eigenvalue weighted by molar-refractivity contribution is 5.87. The lowest BCUT2D eigenvalue weighted by atomic mass is 9.94. The third kappa shape index (κ3) is 2.78. The molecule has 3 heteroatoms. The molecule has 0 aromatic heterocycles. The van der Waals surface area contributed by atoms with Crippen LogP contribution in [0.1, 0.15) is 31.9 Å². The predicted molar refractivity (Wildman–Crippen MR) is 70.1 cm³/mol. The molecule has 1 aromatic carbocycles. The van der Waals surface area contributed by atoms with Crippen LogP contribution in [-0.2, 0) is 4.79 Å². The first kappa shape index (κ1) is 13.2. The molecule has 2 rings (SSSR count). The van der Waals surface area contributed by atoms with Crippen LogP contribution >= 0.6 is 0 Å². The zero-order chi connectivity index (χ0) is 13.1. The van der Waals surface area contributed by atoms with Crippen molar-refractivity contribution in [2.75, 3.05) is 13.1 Å². The Balaban J connectivity index is 2.26. The smallest absolute Gasteiger partial charge is 0.157 e. The lowest BCUT2D eigenvalue weighted by Gasteiger charge is -2.28. The van der Waals surface area contributed by atoms with Crippen LogP contribution in [0.5, 0.6) is 0 Å². The van der Waals surface area contributed by atoms with Crippen molar-refractivity contribution in [3.05, 3.63) is 35.9 Å². The molecule has 18 heavy (non-hydrogen) atoms. The van der Waals surface area contributed by atoms with Gasteiger partial charge >= 0.3 is 0 Å². The number of likely N-dealkylation sites (tertiary alicyclic amines) is 1. The van der Waals surface area contributed by atoms with E-state index in [4.69, 9.17) is 0 Å². The molecule has 0 N–H and O–H groups in total. The number of hydrogen-bond acceptors (Lipinski definition) is 2. The largest absolute Gasteiger partial charge is 0.297 e. The molecule has 2 unspecified atom stereocenters. The van der Waals surface area contributed by atoms with E-state index >= 15 is 0 Å². The van der Waals surface area contributed by atoms with Gasteiger partial charge in [-0.25, -0.2) is 4.39 Å². The van der Waals surface area contributed by atoms with E-state index in [-0.39, 0.29) is 17.7 Å². The minimum absolute atomic E-state index is 0.0335. The van der Waals surface area contributed by atoms with Crippen molar-refractivity contribution in [3.63, 3.8) is 0 Å². The minimum atomic E-state index is -0.795. The monoisotopic (exact) mass is 249 g/mol. The number of rotatable bonds is 4. The van der Waals surface area contributed by atoms with Gasteiger partial charge in [-0.1, -0.05) is 44.2 Å². The third-order valence-electron chi connectivity index (χ3n) is 3.48. The van der Waals surface area contributed by atoms with Gasteiger partial charge in [0.1, 0.15) is 6.17 Å². The second-order valence-corrected chi connectivity index (χ2v) is 5.25. The molecule has 1 fully saturated rings. The number of hydrogen-bond donors (Lipinski definition) is 0. The Morgan fingerprint density at radius 1 is 1.33 bits per heavy atom. The lowest BCUT2D eigenvalue weighted by Crippen LogP contribution is -2.34. The number of nitrogens with zero attached hydrogens (tertiary/aromatic N) is 1. The number of carbonyl (C=O) groups excluding carboxylic acids is 1. The zero-order valence-electron chi connectivity index (χ0n) is 11.0. The Morgan fingerprint density at radius 2 is 2.00 bits per heavy atom. The van der Waals surface area contributed by atoms with Crippen LogP contribution in [0.2, 0.25) is 0 Å². The van der Waals surface area contributed by atoms with Gasteiger partial charge in [0.25, 0.3) is 0 Å². The number of halogens is 1. The van der Waals surface area contributed by atoms with E-state index in [1.807, 2.05) is 49.1 Å². The van der Waals surface area contributed by atoms with Crippen molar-refractivity contribution in [2.24, 2.45) is 5.92 Å². The molecule has 2 atom stereocenters. The minimum Gasteiger partial charge on any atom is -0.297 e. The highest BCUT2D eigenvalue weighted by atomic mass is 19.1. The number of carbonyl (C=O) groups is 1. The fourth-order valence-corrected chi connectivity index (χ4v) is 2.48. The quantitative estimate of drug-likeness (QED) is 0.817. The maximum Gasteiger partial charge on any atom is 0.157 e. The summed E-state index contributed by atoms with van der Waals surface area (Å²) < 4.78 is 13.4. The first-order valence-electron chi connectivity index (χ1n) is 6.56. The van der Waals surface area contributed by atoms with Crippen LogP contribution in [-0.4, -0.2) is 29.9 Å². The fourth-order valence-electron chi connectivity index (χ4n) is 2.48. The van der Waals surface area contributed by atoms with Crippen LogP contribution in [0.4, 0.5) is 4.39 Å². The molecule has 1 aromatic rings. The van der Waals surface area contributed by atoms with E-state index in [0.29, 0.717) is 19.5 Å². The molecule has 1 aliphatic heterocycles. The normalized spacial score (nSPS) is 22.3. The Kier molecular flexibility index (Phi) is 4.12. The van der Waals surface area contributed by atoms with Gasteiger partial charge in [-0.2, -0.15) is 0 Å². The van der Waals surface area contributed by atoms with Gasteiger partial charge in [-0.05, 0) is 12.0 Å².